The van der Waals surface area contributed by atoms with E-state index < -0.39 is 43.3 Å². The van der Waals surface area contributed by atoms with Crippen molar-refractivity contribution in [1.82, 2.24) is 0 Å². The number of hydrogen-bond acceptors (Lipinski definition) is 12. The van der Waals surface area contributed by atoms with Crippen LogP contribution in [-0.4, -0.2) is 96.2 Å². The van der Waals surface area contributed by atoms with Crippen LogP contribution in [0.3, 0.4) is 0 Å². The molecule has 0 spiro atoms. The zero-order valence-electron chi connectivity index (χ0n) is 26.0. The van der Waals surface area contributed by atoms with Crippen molar-refractivity contribution in [3.8, 4) is 23.0 Å². The van der Waals surface area contributed by atoms with Gasteiger partial charge in [0.15, 0.2) is 23.0 Å². The Balaban J connectivity index is 1.22. The average Bonchev–Trinajstić information content (AvgIpc) is 3.50. The summed E-state index contributed by atoms with van der Waals surface area (Å²) in [5.74, 6) is -0.0528. The van der Waals surface area contributed by atoms with Gasteiger partial charge in [-0.3, -0.25) is 0 Å². The zero-order chi connectivity index (χ0) is 33.5. The van der Waals surface area contributed by atoms with Crippen LogP contribution in [0.1, 0.15) is 22.8 Å². The monoisotopic (exact) mass is 652 g/mol. The Morgan fingerprint density at radius 3 is 2.40 bits per heavy atom. The standard InChI is InChI=1S/C35H40O12/c1-42-27-16-22(10-11-25(27)37)34-24(17-36)23(18-45-34)14-21-8-12-26(28(15-21)43-2)46-35-33(41)32(40)31(39)29(47-35)19-44-30(38)13-9-20-6-4-3-5-7-20/h3-13,15-16,23-24,29,31-37,39-41H,14,17-19H2,1-2H3. The summed E-state index contributed by atoms with van der Waals surface area (Å²) in [7, 11) is 2.92. The highest BCUT2D eigenvalue weighted by molar-refractivity contribution is 5.87. The third-order valence-electron chi connectivity index (χ3n) is 8.47. The van der Waals surface area contributed by atoms with Gasteiger partial charge >= 0.3 is 5.97 Å². The van der Waals surface area contributed by atoms with Crippen LogP contribution in [0.4, 0.5) is 0 Å². The molecule has 5 N–H and O–H groups in total. The van der Waals surface area contributed by atoms with Crippen molar-refractivity contribution in [3.05, 3.63) is 89.5 Å². The molecule has 8 atom stereocenters. The maximum atomic E-state index is 12.2. The number of phenolic OH excluding ortho intramolecular Hbond substituents is 1. The number of benzene rings is 3. The highest BCUT2D eigenvalue weighted by Crippen LogP contribution is 2.42. The second kappa shape index (κ2) is 15.6. The average molecular weight is 653 g/mol. The van der Waals surface area contributed by atoms with Crippen molar-refractivity contribution >= 4 is 12.0 Å². The van der Waals surface area contributed by atoms with Crippen LogP contribution in [-0.2, 0) is 25.4 Å². The number of carbonyl (C=O) groups is 1. The highest BCUT2D eigenvalue weighted by atomic mass is 16.7. The second-order valence-corrected chi connectivity index (χ2v) is 11.5. The summed E-state index contributed by atoms with van der Waals surface area (Å²) in [5, 5.41) is 51.9. The fourth-order valence-electron chi connectivity index (χ4n) is 5.85. The molecule has 0 saturated carbocycles. The van der Waals surface area contributed by atoms with E-state index in [9.17, 15) is 30.3 Å². The van der Waals surface area contributed by atoms with Crippen molar-refractivity contribution in [3.63, 3.8) is 0 Å². The summed E-state index contributed by atoms with van der Waals surface area (Å²) in [5.41, 5.74) is 2.46. The smallest absolute Gasteiger partial charge is 0.330 e. The van der Waals surface area contributed by atoms with Gasteiger partial charge in [0.2, 0.25) is 6.29 Å². The lowest BCUT2D eigenvalue weighted by Gasteiger charge is -2.40. The molecular formula is C35H40O12. The van der Waals surface area contributed by atoms with E-state index in [0.717, 1.165) is 16.7 Å². The van der Waals surface area contributed by atoms with Crippen molar-refractivity contribution in [1.29, 1.82) is 0 Å². The van der Waals surface area contributed by atoms with Gasteiger partial charge in [-0.1, -0.05) is 42.5 Å². The largest absolute Gasteiger partial charge is 0.504 e. The van der Waals surface area contributed by atoms with Crippen LogP contribution in [0.2, 0.25) is 0 Å². The molecule has 2 aliphatic rings. The molecule has 2 heterocycles. The van der Waals surface area contributed by atoms with Crippen LogP contribution >= 0.6 is 0 Å². The van der Waals surface area contributed by atoms with Crippen LogP contribution in [0.25, 0.3) is 6.08 Å². The number of ether oxygens (including phenoxy) is 6. The van der Waals surface area contributed by atoms with Gasteiger partial charge in [-0.25, -0.2) is 4.79 Å². The van der Waals surface area contributed by atoms with E-state index in [-0.39, 0.29) is 36.0 Å². The predicted octanol–water partition coefficient (Wildman–Crippen LogP) is 2.39. The van der Waals surface area contributed by atoms with Gasteiger partial charge in [0.1, 0.15) is 31.0 Å². The van der Waals surface area contributed by atoms with Gasteiger partial charge in [-0.05, 0) is 59.4 Å². The van der Waals surface area contributed by atoms with Crippen LogP contribution in [0, 0.1) is 11.8 Å². The summed E-state index contributed by atoms with van der Waals surface area (Å²) in [4.78, 5) is 12.2. The summed E-state index contributed by atoms with van der Waals surface area (Å²) >= 11 is 0. The first-order chi connectivity index (χ1) is 22.7. The number of aliphatic hydroxyl groups is 4. The summed E-state index contributed by atoms with van der Waals surface area (Å²) in [6.07, 6.45) is -4.41. The summed E-state index contributed by atoms with van der Waals surface area (Å²) in [6, 6.07) is 19.3. The minimum Gasteiger partial charge on any atom is -0.504 e. The lowest BCUT2D eigenvalue weighted by molar-refractivity contribution is -0.278. The first-order valence-corrected chi connectivity index (χ1v) is 15.2. The normalized spacial score (nSPS) is 27.4. The first kappa shape index (κ1) is 34.2. The van der Waals surface area contributed by atoms with E-state index >= 15 is 0 Å². The number of carbonyl (C=O) groups excluding carboxylic acids is 1. The maximum absolute atomic E-state index is 12.2. The van der Waals surface area contributed by atoms with E-state index in [0.29, 0.717) is 24.5 Å². The summed E-state index contributed by atoms with van der Waals surface area (Å²) < 4.78 is 33.7. The molecule has 3 aromatic carbocycles. The zero-order valence-corrected chi connectivity index (χ0v) is 26.0. The Kier molecular flexibility index (Phi) is 11.4. The molecule has 0 amide bonds. The topological polar surface area (TPSA) is 174 Å². The molecule has 2 aliphatic heterocycles. The molecule has 0 radical (unpaired) electrons. The SMILES string of the molecule is COc1cc(C2OCC(Cc3ccc(OC4OC(COC(=O)C=Cc5ccccc5)C(O)C(O)C4O)c(OC)c3)C2CO)ccc1O. The van der Waals surface area contributed by atoms with E-state index in [1.807, 2.05) is 36.4 Å². The molecule has 47 heavy (non-hydrogen) atoms. The first-order valence-electron chi connectivity index (χ1n) is 15.2. The Morgan fingerprint density at radius 1 is 0.915 bits per heavy atom. The number of esters is 1. The van der Waals surface area contributed by atoms with Crippen molar-refractivity contribution in [2.24, 2.45) is 11.8 Å². The lowest BCUT2D eigenvalue weighted by Crippen LogP contribution is -2.60. The number of aromatic hydroxyl groups is 1. The van der Waals surface area contributed by atoms with Crippen LogP contribution < -0.4 is 14.2 Å². The van der Waals surface area contributed by atoms with E-state index in [1.165, 1.54) is 26.4 Å². The number of phenols is 1. The molecule has 0 aromatic heterocycles. The van der Waals surface area contributed by atoms with Crippen molar-refractivity contribution in [2.75, 3.05) is 34.0 Å². The summed E-state index contributed by atoms with van der Waals surface area (Å²) in [6.45, 7) is -0.107. The minimum atomic E-state index is -1.64. The molecule has 2 fully saturated rings. The van der Waals surface area contributed by atoms with Gasteiger partial charge in [0, 0.05) is 18.6 Å². The molecule has 3 aromatic rings. The maximum Gasteiger partial charge on any atom is 0.330 e. The lowest BCUT2D eigenvalue weighted by atomic mass is 9.84. The number of hydrogen-bond donors (Lipinski definition) is 5. The fourth-order valence-corrected chi connectivity index (χ4v) is 5.85. The molecule has 252 valence electrons. The van der Waals surface area contributed by atoms with Gasteiger partial charge in [-0.15, -0.1) is 0 Å². The van der Waals surface area contributed by atoms with Crippen molar-refractivity contribution in [2.45, 2.75) is 43.2 Å². The van der Waals surface area contributed by atoms with E-state index in [1.54, 1.807) is 30.3 Å². The Labute approximate surface area is 272 Å². The van der Waals surface area contributed by atoms with E-state index in [2.05, 4.69) is 0 Å². The van der Waals surface area contributed by atoms with Crippen LogP contribution in [0.15, 0.2) is 72.8 Å². The Hall–Kier alpha value is -4.17. The number of rotatable bonds is 12. The fraction of sp³-hybridized carbons (Fsp3) is 0.400. The Morgan fingerprint density at radius 2 is 1.68 bits per heavy atom. The molecule has 0 aliphatic carbocycles. The molecular weight excluding hydrogens is 612 g/mol. The van der Waals surface area contributed by atoms with Gasteiger partial charge in [0.25, 0.3) is 0 Å². The molecule has 12 nitrogen and oxygen atoms in total. The van der Waals surface area contributed by atoms with Crippen LogP contribution in [0.5, 0.6) is 23.0 Å². The van der Waals surface area contributed by atoms with Gasteiger partial charge in [0.05, 0.1) is 26.9 Å². The Bertz CT molecular complexity index is 1510. The third kappa shape index (κ3) is 8.04. The molecule has 5 rings (SSSR count). The molecule has 2 saturated heterocycles. The molecule has 8 unspecified atom stereocenters. The predicted molar refractivity (Wildman–Crippen MR) is 168 cm³/mol. The highest BCUT2D eigenvalue weighted by Gasteiger charge is 2.46. The molecule has 0 bridgehead atoms. The number of methoxy groups -OCH3 is 2. The quantitative estimate of drug-likeness (QED) is 0.143. The van der Waals surface area contributed by atoms with Gasteiger partial charge < -0.3 is 54.0 Å². The third-order valence-corrected chi connectivity index (χ3v) is 8.47. The molecule has 12 heteroatoms. The van der Waals surface area contributed by atoms with Crippen molar-refractivity contribution < 1.29 is 58.7 Å². The van der Waals surface area contributed by atoms with E-state index in [4.69, 9.17) is 28.4 Å². The van der Waals surface area contributed by atoms with Gasteiger partial charge in [-0.2, -0.15) is 0 Å². The second-order valence-electron chi connectivity index (χ2n) is 11.5. The minimum absolute atomic E-state index is 0.0171. The number of aliphatic hydroxyl groups excluding tert-OH is 4.